The summed E-state index contributed by atoms with van der Waals surface area (Å²) in [6.45, 7) is 0. The molecule has 4 nitrogen and oxygen atoms in total. The van der Waals surface area contributed by atoms with E-state index in [9.17, 15) is 10.8 Å². The van der Waals surface area contributed by atoms with Crippen molar-refractivity contribution in [3.8, 4) is 0 Å². The molecule has 0 fully saturated rings. The number of rotatable bonds is 9. The largest absolute Gasteiger partial charge is 0.354 e. The van der Waals surface area contributed by atoms with Gasteiger partial charge in [0.05, 0.1) is 22.8 Å². The monoisotopic (exact) mass is 780 g/mol. The van der Waals surface area contributed by atoms with Crippen molar-refractivity contribution in [1.82, 2.24) is 5.32 Å². The predicted molar refractivity (Wildman–Crippen MR) is 258 cm³/mol. The Hall–Kier alpha value is -8.21. The summed E-state index contributed by atoms with van der Waals surface area (Å²) in [5.41, 5.74) is 11.6. The molecule has 9 aromatic carbocycles. The van der Waals surface area contributed by atoms with Crippen molar-refractivity contribution in [3.05, 3.63) is 257 Å². The lowest BCUT2D eigenvalue weighted by atomic mass is 9.87. The van der Waals surface area contributed by atoms with Crippen molar-refractivity contribution in [1.29, 1.82) is 10.8 Å². The van der Waals surface area contributed by atoms with Gasteiger partial charge in [0.25, 0.3) is 0 Å². The van der Waals surface area contributed by atoms with E-state index in [4.69, 9.17) is 4.99 Å². The van der Waals surface area contributed by atoms with Gasteiger partial charge < -0.3 is 10.7 Å². The third kappa shape index (κ3) is 7.28. The first-order chi connectivity index (χ1) is 30.1. The van der Waals surface area contributed by atoms with Crippen LogP contribution < -0.4 is 5.32 Å². The fraction of sp³-hybridized carbons (Fsp3) is 0. The van der Waals surface area contributed by atoms with Crippen LogP contribution in [-0.2, 0) is 0 Å². The van der Waals surface area contributed by atoms with Gasteiger partial charge in [0.15, 0.2) is 0 Å². The van der Waals surface area contributed by atoms with E-state index in [1.165, 1.54) is 26.9 Å². The van der Waals surface area contributed by atoms with E-state index >= 15 is 0 Å². The molecule has 10 rings (SSSR count). The highest BCUT2D eigenvalue weighted by Crippen LogP contribution is 2.38. The third-order valence-corrected chi connectivity index (χ3v) is 11.4. The summed E-state index contributed by atoms with van der Waals surface area (Å²) in [6, 6.07) is 70.3. The Morgan fingerprint density at radius 2 is 1.02 bits per heavy atom. The maximum atomic E-state index is 9.77. The van der Waals surface area contributed by atoms with Crippen LogP contribution in [0.4, 0.5) is 0 Å². The number of hydrogen-bond donors (Lipinski definition) is 3. The summed E-state index contributed by atoms with van der Waals surface area (Å²) in [7, 11) is 0. The highest BCUT2D eigenvalue weighted by molar-refractivity contribution is 6.36. The number of aliphatic imine (C=N–C) groups is 1. The van der Waals surface area contributed by atoms with Gasteiger partial charge in [-0.3, -0.25) is 10.4 Å². The van der Waals surface area contributed by atoms with Gasteiger partial charge in [0.1, 0.15) is 0 Å². The van der Waals surface area contributed by atoms with E-state index < -0.39 is 0 Å². The van der Waals surface area contributed by atoms with Gasteiger partial charge in [-0.05, 0) is 84.4 Å². The minimum atomic E-state index is 0.373. The van der Waals surface area contributed by atoms with Crippen molar-refractivity contribution >= 4 is 78.7 Å². The summed E-state index contributed by atoms with van der Waals surface area (Å²) in [6.07, 6.45) is 5.92. The summed E-state index contributed by atoms with van der Waals surface area (Å²) in [4.78, 5) is 5.18. The minimum Gasteiger partial charge on any atom is -0.354 e. The zero-order valence-corrected chi connectivity index (χ0v) is 33.3. The fourth-order valence-corrected chi connectivity index (χ4v) is 8.40. The van der Waals surface area contributed by atoms with E-state index in [2.05, 4.69) is 121 Å². The van der Waals surface area contributed by atoms with Gasteiger partial charge in [-0.25, -0.2) is 0 Å². The van der Waals surface area contributed by atoms with Crippen LogP contribution in [-0.4, -0.2) is 17.6 Å². The molecule has 9 aromatic rings. The third-order valence-electron chi connectivity index (χ3n) is 11.4. The Kier molecular flexibility index (Phi) is 9.85. The maximum absolute atomic E-state index is 9.77. The van der Waals surface area contributed by atoms with Crippen molar-refractivity contribution in [2.24, 2.45) is 4.99 Å². The van der Waals surface area contributed by atoms with Crippen LogP contribution in [0.1, 0.15) is 44.5 Å². The second-order valence-electron chi connectivity index (χ2n) is 15.2. The van der Waals surface area contributed by atoms with Gasteiger partial charge in [-0.1, -0.05) is 194 Å². The molecule has 3 N–H and O–H groups in total. The molecule has 0 saturated heterocycles. The van der Waals surface area contributed by atoms with Crippen LogP contribution in [0.3, 0.4) is 0 Å². The normalized spacial score (nSPS) is 13.5. The summed E-state index contributed by atoms with van der Waals surface area (Å²) >= 11 is 0. The smallest absolute Gasteiger partial charge is 0.0723 e. The number of nitrogens with one attached hydrogen (secondary N) is 3. The minimum absolute atomic E-state index is 0.373. The van der Waals surface area contributed by atoms with Crippen LogP contribution >= 0.6 is 0 Å². The fourth-order valence-electron chi connectivity index (χ4n) is 8.40. The van der Waals surface area contributed by atoms with Crippen LogP contribution in [0.25, 0.3) is 61.1 Å². The van der Waals surface area contributed by atoms with Crippen LogP contribution in [0.15, 0.2) is 217 Å². The molecule has 61 heavy (non-hydrogen) atoms. The molecular formula is C57H40N4. The first-order valence-corrected chi connectivity index (χ1v) is 20.4. The molecule has 1 aliphatic heterocycles. The predicted octanol–water partition coefficient (Wildman–Crippen LogP) is 13.7. The summed E-state index contributed by atoms with van der Waals surface area (Å²) in [5, 5.41) is 29.9. The molecule has 0 radical (unpaired) electrons. The van der Waals surface area contributed by atoms with Crippen LogP contribution in [0.5, 0.6) is 0 Å². The molecule has 0 unspecified atom stereocenters. The maximum Gasteiger partial charge on any atom is 0.0723 e. The van der Waals surface area contributed by atoms with Crippen molar-refractivity contribution < 1.29 is 0 Å². The molecule has 0 amide bonds. The standard InChI is InChI=1S/C57H40N4/c58-52(39-18-4-1-5-19-39)36-53(43-31-32-50-48-29-13-12-27-46(48)47-28-14-15-30-49(47)51(50)34-43)60-37-38-17-16-25-44(33-38)55(56(59)41-22-8-3-9-23-41)57-45-26-11-10-24-42(45)35-54(61-57)40-20-6-2-7-21-40/h1-37,58-59,61H/b53-36-,57-55-,58-52?,59-56?,60-37?. The van der Waals surface area contributed by atoms with Crippen molar-refractivity contribution in [3.63, 3.8) is 0 Å². The highest BCUT2D eigenvalue weighted by atomic mass is 14.9. The molecule has 0 saturated carbocycles. The first kappa shape index (κ1) is 37.1. The molecule has 4 heteroatoms. The zero-order chi connectivity index (χ0) is 41.1. The number of benzene rings is 9. The average Bonchev–Trinajstić information content (AvgIpc) is 3.33. The molecule has 0 spiro atoms. The van der Waals surface area contributed by atoms with E-state index in [1.807, 2.05) is 109 Å². The van der Waals surface area contributed by atoms with Gasteiger partial charge >= 0.3 is 0 Å². The molecule has 1 heterocycles. The highest BCUT2D eigenvalue weighted by Gasteiger charge is 2.24. The molecule has 1 aliphatic rings. The quantitative estimate of drug-likeness (QED) is 0.0990. The molecule has 0 aromatic heterocycles. The molecule has 0 bridgehead atoms. The van der Waals surface area contributed by atoms with Gasteiger partial charge in [0.2, 0.25) is 0 Å². The lowest BCUT2D eigenvalue weighted by Crippen LogP contribution is -2.20. The van der Waals surface area contributed by atoms with Gasteiger partial charge in [0, 0.05) is 34.2 Å². The van der Waals surface area contributed by atoms with Gasteiger partial charge in [-0.2, -0.15) is 0 Å². The average molecular weight is 781 g/mol. The van der Waals surface area contributed by atoms with E-state index in [1.54, 1.807) is 0 Å². The number of fused-ring (bicyclic) bond motifs is 7. The second kappa shape index (κ2) is 16.2. The number of allylic oxidation sites excluding steroid dienone is 2. The molecular weight excluding hydrogens is 741 g/mol. The Morgan fingerprint density at radius 3 is 1.70 bits per heavy atom. The Morgan fingerprint density at radius 1 is 0.459 bits per heavy atom. The lowest BCUT2D eigenvalue weighted by molar-refractivity contribution is 1.22. The van der Waals surface area contributed by atoms with Gasteiger partial charge in [-0.15, -0.1) is 0 Å². The molecule has 0 atom stereocenters. The molecule has 288 valence electrons. The van der Waals surface area contributed by atoms with Crippen molar-refractivity contribution in [2.75, 3.05) is 0 Å². The molecule has 0 aliphatic carbocycles. The van der Waals surface area contributed by atoms with Crippen LogP contribution in [0.2, 0.25) is 0 Å². The van der Waals surface area contributed by atoms with E-state index in [0.717, 1.165) is 66.9 Å². The number of hydrogen-bond acceptors (Lipinski definition) is 4. The Bertz CT molecular complexity index is 3250. The summed E-state index contributed by atoms with van der Waals surface area (Å²) < 4.78 is 0. The topological polar surface area (TPSA) is 72.1 Å². The summed E-state index contributed by atoms with van der Waals surface area (Å²) in [5.74, 6) is 0. The lowest BCUT2D eigenvalue weighted by Gasteiger charge is -2.26. The Balaban J connectivity index is 1.12. The van der Waals surface area contributed by atoms with E-state index in [0.29, 0.717) is 17.1 Å². The second-order valence-corrected chi connectivity index (χ2v) is 15.2. The number of nitrogens with zero attached hydrogens (tertiary/aromatic N) is 1. The van der Waals surface area contributed by atoms with E-state index in [-0.39, 0.29) is 0 Å². The Labute approximate surface area is 355 Å². The van der Waals surface area contributed by atoms with Crippen LogP contribution in [0, 0.1) is 10.8 Å². The zero-order valence-electron chi connectivity index (χ0n) is 33.3. The van der Waals surface area contributed by atoms with Crippen molar-refractivity contribution in [2.45, 2.75) is 0 Å². The SMILES string of the molecule is N=C(/C=C(\N=Cc1cccc(/C(C(=N)c2ccccc2)=C2/NC(c3ccccc3)=Cc3ccccc32)c1)c1ccc2c3ccccc3c3ccccc3c2c1)c1ccccc1. The first-order valence-electron chi connectivity index (χ1n) is 20.4.